The number of sulfonamides is 1. The summed E-state index contributed by atoms with van der Waals surface area (Å²) in [5.41, 5.74) is 0. The lowest BCUT2D eigenvalue weighted by Crippen LogP contribution is -2.41. The number of alkyl halides is 1. The van der Waals surface area contributed by atoms with Crippen LogP contribution in [0.15, 0.2) is 0 Å². The first kappa shape index (κ1) is 11.7. The molecule has 0 amide bonds. The van der Waals surface area contributed by atoms with Gasteiger partial charge >= 0.3 is 0 Å². The third-order valence-corrected chi connectivity index (χ3v) is 5.18. The Morgan fingerprint density at radius 1 is 1.46 bits per heavy atom. The smallest absolute Gasteiger partial charge is 0.212 e. The van der Waals surface area contributed by atoms with Crippen molar-refractivity contribution in [2.75, 3.05) is 4.43 Å². The molecule has 1 aliphatic rings. The summed E-state index contributed by atoms with van der Waals surface area (Å²) < 4.78 is 26.7. The minimum absolute atomic E-state index is 0.0891. The van der Waals surface area contributed by atoms with Gasteiger partial charge < -0.3 is 0 Å². The molecule has 1 atom stereocenters. The average Bonchev–Trinajstić information content (AvgIpc) is 2.81. The topological polar surface area (TPSA) is 46.2 Å². The van der Waals surface area contributed by atoms with Crippen molar-refractivity contribution in [3.63, 3.8) is 0 Å². The highest BCUT2D eigenvalue weighted by Crippen LogP contribution is 2.28. The molecule has 1 N–H and O–H groups in total. The molecule has 13 heavy (non-hydrogen) atoms. The number of hydrogen-bond donors (Lipinski definition) is 1. The van der Waals surface area contributed by atoms with Crippen molar-refractivity contribution in [3.05, 3.63) is 0 Å². The zero-order valence-corrected chi connectivity index (χ0v) is 10.9. The van der Waals surface area contributed by atoms with Crippen LogP contribution in [0, 0.1) is 5.92 Å². The van der Waals surface area contributed by atoms with E-state index in [0.29, 0.717) is 5.92 Å². The summed E-state index contributed by atoms with van der Waals surface area (Å²) in [7, 11) is -3.00. The normalized spacial score (nSPS) is 20.6. The van der Waals surface area contributed by atoms with Crippen LogP contribution in [-0.2, 0) is 10.0 Å². The van der Waals surface area contributed by atoms with Crippen molar-refractivity contribution in [1.82, 2.24) is 4.72 Å². The van der Waals surface area contributed by atoms with Crippen molar-refractivity contribution >= 4 is 32.6 Å². The second-order valence-corrected chi connectivity index (χ2v) is 6.74. The summed E-state index contributed by atoms with van der Waals surface area (Å²) in [6.07, 6.45) is 1.67. The summed E-state index contributed by atoms with van der Waals surface area (Å²) >= 11 is 2.22. The summed E-state index contributed by atoms with van der Waals surface area (Å²) in [6, 6.07) is 0.0891. The second-order valence-electron chi connectivity index (χ2n) is 3.87. The molecule has 78 valence electrons. The quantitative estimate of drug-likeness (QED) is 0.617. The fraction of sp³-hybridized carbons (Fsp3) is 1.00. The van der Waals surface area contributed by atoms with Gasteiger partial charge in [0.05, 0.1) is 5.25 Å². The molecule has 0 radical (unpaired) electrons. The fourth-order valence-corrected chi connectivity index (χ4v) is 4.29. The Bertz CT molecular complexity index is 259. The predicted octanol–water partition coefficient (Wildman–Crippen LogP) is 1.53. The minimum atomic E-state index is -3.00. The molecule has 1 saturated carbocycles. The van der Waals surface area contributed by atoms with E-state index in [-0.39, 0.29) is 11.3 Å². The van der Waals surface area contributed by atoms with Gasteiger partial charge in [-0.1, -0.05) is 36.4 Å². The van der Waals surface area contributed by atoms with Gasteiger partial charge in [0.15, 0.2) is 0 Å². The van der Waals surface area contributed by atoms with Gasteiger partial charge in [0, 0.05) is 10.5 Å². The van der Waals surface area contributed by atoms with Crippen LogP contribution in [0.2, 0.25) is 0 Å². The lowest BCUT2D eigenvalue weighted by molar-refractivity contribution is 0.485. The maximum atomic E-state index is 11.6. The van der Waals surface area contributed by atoms with Crippen molar-refractivity contribution in [1.29, 1.82) is 0 Å². The monoisotopic (exact) mass is 317 g/mol. The number of nitrogens with one attached hydrogen (secondary N) is 1. The van der Waals surface area contributed by atoms with Crippen LogP contribution in [0.4, 0.5) is 0 Å². The van der Waals surface area contributed by atoms with E-state index in [1.807, 2.05) is 13.8 Å². The van der Waals surface area contributed by atoms with Crippen molar-refractivity contribution < 1.29 is 8.42 Å². The van der Waals surface area contributed by atoms with E-state index in [2.05, 4.69) is 27.3 Å². The first-order chi connectivity index (χ1) is 5.97. The molecule has 0 bridgehead atoms. The first-order valence-electron chi connectivity index (χ1n) is 4.54. The number of rotatable bonds is 5. The van der Waals surface area contributed by atoms with Crippen LogP contribution >= 0.6 is 22.6 Å². The van der Waals surface area contributed by atoms with Gasteiger partial charge in [-0.15, -0.1) is 0 Å². The third kappa shape index (κ3) is 3.36. The molecular formula is C8H16INO2S. The Morgan fingerprint density at radius 2 is 2.00 bits per heavy atom. The molecule has 1 rings (SSSR count). The van der Waals surface area contributed by atoms with Gasteiger partial charge in [-0.3, -0.25) is 0 Å². The minimum Gasteiger partial charge on any atom is -0.212 e. The van der Waals surface area contributed by atoms with Crippen molar-refractivity contribution in [2.24, 2.45) is 5.92 Å². The molecule has 0 spiro atoms. The summed E-state index contributed by atoms with van der Waals surface area (Å²) in [4.78, 5) is 0. The van der Waals surface area contributed by atoms with Crippen molar-refractivity contribution in [2.45, 2.75) is 38.0 Å². The molecule has 0 heterocycles. The van der Waals surface area contributed by atoms with Gasteiger partial charge in [-0.2, -0.15) is 0 Å². The fourth-order valence-electron chi connectivity index (χ4n) is 1.03. The Hall–Kier alpha value is 0.640. The van der Waals surface area contributed by atoms with Gasteiger partial charge in [0.1, 0.15) is 0 Å². The molecule has 0 aromatic heterocycles. The molecule has 0 aromatic carbocycles. The summed E-state index contributed by atoms with van der Waals surface area (Å²) in [5, 5.41) is -0.100. The third-order valence-electron chi connectivity index (χ3n) is 2.25. The van der Waals surface area contributed by atoms with E-state index < -0.39 is 10.0 Å². The van der Waals surface area contributed by atoms with E-state index >= 15 is 0 Å². The van der Waals surface area contributed by atoms with Crippen LogP contribution in [0.1, 0.15) is 26.7 Å². The van der Waals surface area contributed by atoms with Crippen LogP contribution in [0.3, 0.4) is 0 Å². The van der Waals surface area contributed by atoms with E-state index in [0.717, 1.165) is 17.3 Å². The highest BCUT2D eigenvalue weighted by Gasteiger charge is 2.37. The number of hydrogen-bond acceptors (Lipinski definition) is 2. The Labute approximate surface area is 93.9 Å². The molecule has 5 heteroatoms. The zero-order valence-electron chi connectivity index (χ0n) is 7.96. The summed E-state index contributed by atoms with van der Waals surface area (Å²) in [6.45, 7) is 4.08. The molecule has 0 aliphatic heterocycles. The van der Waals surface area contributed by atoms with Crippen LogP contribution in [0.25, 0.3) is 0 Å². The van der Waals surface area contributed by atoms with Gasteiger partial charge in [-0.25, -0.2) is 13.1 Å². The lowest BCUT2D eigenvalue weighted by atomic mass is 10.1. The van der Waals surface area contributed by atoms with Crippen LogP contribution in [-0.4, -0.2) is 24.1 Å². The Balaban J connectivity index is 2.54. The molecule has 1 aliphatic carbocycles. The standard InChI is InChI=1S/C8H16INO2S/c1-6(2)8(5-9)10-13(11,12)7-3-4-7/h6-8,10H,3-5H2,1-2H3. The second kappa shape index (κ2) is 4.44. The maximum absolute atomic E-state index is 11.6. The van der Waals surface area contributed by atoms with Gasteiger partial charge in [0.2, 0.25) is 10.0 Å². The van der Waals surface area contributed by atoms with Crippen LogP contribution in [0.5, 0.6) is 0 Å². The average molecular weight is 317 g/mol. The van der Waals surface area contributed by atoms with E-state index in [1.165, 1.54) is 0 Å². The van der Waals surface area contributed by atoms with E-state index in [4.69, 9.17) is 0 Å². The molecule has 1 fully saturated rings. The zero-order chi connectivity index (χ0) is 10.1. The Kier molecular flexibility index (Phi) is 4.00. The molecule has 0 saturated heterocycles. The van der Waals surface area contributed by atoms with Crippen LogP contribution < -0.4 is 4.72 Å². The molecule has 1 unspecified atom stereocenters. The number of halogens is 1. The van der Waals surface area contributed by atoms with Gasteiger partial charge in [-0.05, 0) is 18.8 Å². The summed E-state index contributed by atoms with van der Waals surface area (Å²) in [5.74, 6) is 0.366. The predicted molar refractivity (Wildman–Crippen MR) is 62.6 cm³/mol. The first-order valence-corrected chi connectivity index (χ1v) is 7.61. The van der Waals surface area contributed by atoms with Gasteiger partial charge in [0.25, 0.3) is 0 Å². The highest BCUT2D eigenvalue weighted by molar-refractivity contribution is 14.1. The van der Waals surface area contributed by atoms with E-state index in [1.54, 1.807) is 0 Å². The maximum Gasteiger partial charge on any atom is 0.214 e. The largest absolute Gasteiger partial charge is 0.214 e. The lowest BCUT2D eigenvalue weighted by Gasteiger charge is -2.19. The SMILES string of the molecule is CC(C)C(CI)NS(=O)(=O)C1CC1. The van der Waals surface area contributed by atoms with E-state index in [9.17, 15) is 8.42 Å². The molecule has 0 aromatic rings. The highest BCUT2D eigenvalue weighted by atomic mass is 127. The Morgan fingerprint density at radius 3 is 2.31 bits per heavy atom. The molecule has 3 nitrogen and oxygen atoms in total. The molecular weight excluding hydrogens is 301 g/mol. The van der Waals surface area contributed by atoms with Crippen molar-refractivity contribution in [3.8, 4) is 0 Å².